The van der Waals surface area contributed by atoms with Crippen molar-refractivity contribution in [3.05, 3.63) is 17.6 Å². The van der Waals surface area contributed by atoms with Gasteiger partial charge in [-0.2, -0.15) is 0 Å². The zero-order chi connectivity index (χ0) is 17.8. The molecule has 0 aliphatic carbocycles. The minimum Gasteiger partial charge on any atom is -0.480 e. The molecular weight excluding hydrogens is 328 g/mol. The third-order valence-electron chi connectivity index (χ3n) is 3.02. The van der Waals surface area contributed by atoms with E-state index in [4.69, 9.17) is 14.3 Å². The molecule has 0 spiro atoms. The van der Waals surface area contributed by atoms with Crippen molar-refractivity contribution in [3.63, 3.8) is 0 Å². The highest BCUT2D eigenvalue weighted by Crippen LogP contribution is 2.23. The van der Waals surface area contributed by atoms with Crippen LogP contribution in [-0.4, -0.2) is 75.5 Å². The largest absolute Gasteiger partial charge is 0.480 e. The molecule has 0 fully saturated rings. The Morgan fingerprint density at radius 2 is 1.96 bits per heavy atom. The van der Waals surface area contributed by atoms with Crippen molar-refractivity contribution in [3.8, 4) is 0 Å². The highest BCUT2D eigenvalue weighted by molar-refractivity contribution is 7.89. The smallest absolute Gasteiger partial charge is 0.323 e. The van der Waals surface area contributed by atoms with E-state index in [9.17, 15) is 18.0 Å². The summed E-state index contributed by atoms with van der Waals surface area (Å²) in [5, 5.41) is 8.87. The van der Waals surface area contributed by atoms with Crippen molar-refractivity contribution in [2.24, 2.45) is 0 Å². The van der Waals surface area contributed by atoms with Crippen molar-refractivity contribution >= 4 is 21.9 Å². The van der Waals surface area contributed by atoms with Crippen LogP contribution < -0.4 is 0 Å². The Labute approximate surface area is 134 Å². The van der Waals surface area contributed by atoms with E-state index in [0.29, 0.717) is 0 Å². The Morgan fingerprint density at radius 3 is 2.43 bits per heavy atom. The van der Waals surface area contributed by atoms with Gasteiger partial charge in [-0.05, 0) is 6.92 Å². The van der Waals surface area contributed by atoms with Gasteiger partial charge in [0.2, 0.25) is 10.0 Å². The maximum atomic E-state index is 12.4. The summed E-state index contributed by atoms with van der Waals surface area (Å²) in [7, 11) is 0.380. The number of nitrogens with zero attached hydrogens (tertiary/aromatic N) is 2. The number of aliphatic carboxylic acids is 1. The zero-order valence-electron chi connectivity index (χ0n) is 13.4. The number of sulfonamides is 1. The highest BCUT2D eigenvalue weighted by atomic mass is 32.2. The summed E-state index contributed by atoms with van der Waals surface area (Å²) < 4.78 is 35.3. The minimum atomic E-state index is -3.76. The predicted molar refractivity (Wildman–Crippen MR) is 79.7 cm³/mol. The summed E-state index contributed by atoms with van der Waals surface area (Å²) in [6.07, 6.45) is 0. The molecule has 0 saturated carbocycles. The van der Waals surface area contributed by atoms with Crippen molar-refractivity contribution in [2.75, 3.05) is 40.9 Å². The molecule has 1 amide bonds. The Hall–Kier alpha value is -1.91. The molecule has 0 atom stereocenters. The summed E-state index contributed by atoms with van der Waals surface area (Å²) in [4.78, 5) is 24.1. The number of methoxy groups -OCH3 is 1. The lowest BCUT2D eigenvalue weighted by molar-refractivity contribution is -0.137. The minimum absolute atomic E-state index is 0.0388. The quantitative estimate of drug-likeness (QED) is 0.703. The molecule has 0 bridgehead atoms. The first-order chi connectivity index (χ1) is 10.6. The average molecular weight is 348 g/mol. The van der Waals surface area contributed by atoms with Crippen molar-refractivity contribution in [1.29, 1.82) is 0 Å². The van der Waals surface area contributed by atoms with E-state index in [1.807, 2.05) is 0 Å². The zero-order valence-corrected chi connectivity index (χ0v) is 14.2. The Morgan fingerprint density at radius 1 is 1.35 bits per heavy atom. The molecule has 0 saturated heterocycles. The molecule has 0 aliphatic heterocycles. The second-order valence-corrected chi connectivity index (χ2v) is 7.05. The SMILES string of the molecule is COCCN(CC(=O)O)C(=O)c1cc(S(=O)(=O)N(C)C)c(C)o1. The van der Waals surface area contributed by atoms with Crippen molar-refractivity contribution in [2.45, 2.75) is 11.8 Å². The molecule has 1 aromatic rings. The van der Waals surface area contributed by atoms with Gasteiger partial charge in [0, 0.05) is 33.8 Å². The number of hydrogen-bond donors (Lipinski definition) is 1. The lowest BCUT2D eigenvalue weighted by atomic mass is 10.3. The van der Waals surface area contributed by atoms with Crippen LogP contribution in [0.15, 0.2) is 15.4 Å². The van der Waals surface area contributed by atoms with E-state index >= 15 is 0 Å². The number of carbonyl (C=O) groups excluding carboxylic acids is 1. The lowest BCUT2D eigenvalue weighted by Gasteiger charge is -2.18. The van der Waals surface area contributed by atoms with E-state index in [-0.39, 0.29) is 29.6 Å². The van der Waals surface area contributed by atoms with Gasteiger partial charge in [0.25, 0.3) is 5.91 Å². The maximum absolute atomic E-state index is 12.4. The number of carboxylic acid groups (broad SMARTS) is 1. The van der Waals surface area contributed by atoms with Crippen LogP contribution >= 0.6 is 0 Å². The van der Waals surface area contributed by atoms with Gasteiger partial charge in [0.05, 0.1) is 6.61 Å². The van der Waals surface area contributed by atoms with Crippen molar-refractivity contribution < 1.29 is 32.3 Å². The first-order valence-electron chi connectivity index (χ1n) is 6.64. The fourth-order valence-corrected chi connectivity index (χ4v) is 2.85. The average Bonchev–Trinajstić information content (AvgIpc) is 2.84. The molecule has 0 radical (unpaired) electrons. The molecule has 0 unspecified atom stereocenters. The van der Waals surface area contributed by atoms with Crippen molar-refractivity contribution in [1.82, 2.24) is 9.21 Å². The third-order valence-corrected chi connectivity index (χ3v) is 4.94. The molecule has 1 rings (SSSR count). The summed E-state index contributed by atoms with van der Waals surface area (Å²) in [6, 6.07) is 1.11. The number of furan rings is 1. The standard InChI is InChI=1S/C13H20N2O7S/c1-9-11(23(19,20)14(2)3)7-10(22-9)13(18)15(5-6-21-4)8-12(16)17/h7H,5-6,8H2,1-4H3,(H,16,17). The molecule has 9 nitrogen and oxygen atoms in total. The van der Waals surface area contributed by atoms with Crippen LogP contribution in [0.1, 0.15) is 16.3 Å². The van der Waals surface area contributed by atoms with Gasteiger partial charge in [-0.25, -0.2) is 12.7 Å². The summed E-state index contributed by atoms with van der Waals surface area (Å²) in [6.45, 7) is 1.06. The Kier molecular flexibility index (Phi) is 6.30. The monoisotopic (exact) mass is 348 g/mol. The lowest BCUT2D eigenvalue weighted by Crippen LogP contribution is -2.37. The summed E-state index contributed by atoms with van der Waals surface area (Å²) in [5.74, 6) is -2.09. The fraction of sp³-hybridized carbons (Fsp3) is 0.538. The number of ether oxygens (including phenoxy) is 1. The molecule has 1 aromatic heterocycles. The van der Waals surface area contributed by atoms with Crippen LogP contribution in [-0.2, 0) is 19.6 Å². The number of amides is 1. The molecule has 0 aromatic carbocycles. The van der Waals surface area contributed by atoms with Crippen LogP contribution in [0.25, 0.3) is 0 Å². The number of carbonyl (C=O) groups is 2. The van der Waals surface area contributed by atoms with E-state index in [0.717, 1.165) is 15.3 Å². The van der Waals surface area contributed by atoms with E-state index in [1.54, 1.807) is 0 Å². The maximum Gasteiger partial charge on any atom is 0.323 e. The number of carboxylic acids is 1. The van der Waals surface area contributed by atoms with Gasteiger partial charge in [-0.3, -0.25) is 9.59 Å². The predicted octanol–water partition coefficient (Wildman–Crippen LogP) is 0.0115. The van der Waals surface area contributed by atoms with Gasteiger partial charge in [0.1, 0.15) is 17.2 Å². The van der Waals surface area contributed by atoms with Gasteiger partial charge < -0.3 is 19.2 Å². The number of hydrogen-bond acceptors (Lipinski definition) is 6. The molecule has 1 heterocycles. The molecule has 130 valence electrons. The Balaban J connectivity index is 3.14. The number of aryl methyl sites for hydroxylation is 1. The fourth-order valence-electron chi connectivity index (χ4n) is 1.80. The van der Waals surface area contributed by atoms with Crippen LogP contribution in [0, 0.1) is 6.92 Å². The van der Waals surface area contributed by atoms with Crippen LogP contribution in [0.3, 0.4) is 0 Å². The van der Waals surface area contributed by atoms with Crippen LogP contribution in [0.4, 0.5) is 0 Å². The molecule has 10 heteroatoms. The van der Waals surface area contributed by atoms with Gasteiger partial charge in [-0.15, -0.1) is 0 Å². The van der Waals surface area contributed by atoms with E-state index in [1.165, 1.54) is 28.1 Å². The normalized spacial score (nSPS) is 11.7. The topological polar surface area (TPSA) is 117 Å². The number of rotatable bonds is 8. The van der Waals surface area contributed by atoms with E-state index < -0.39 is 28.4 Å². The van der Waals surface area contributed by atoms with Gasteiger partial charge >= 0.3 is 5.97 Å². The molecular formula is C13H20N2O7S. The molecule has 23 heavy (non-hydrogen) atoms. The van der Waals surface area contributed by atoms with Crippen LogP contribution in [0.2, 0.25) is 0 Å². The first kappa shape index (κ1) is 19.1. The van der Waals surface area contributed by atoms with Crippen LogP contribution in [0.5, 0.6) is 0 Å². The molecule has 1 N–H and O–H groups in total. The third kappa shape index (κ3) is 4.53. The summed E-state index contributed by atoms with van der Waals surface area (Å²) in [5.41, 5.74) is 0. The first-order valence-corrected chi connectivity index (χ1v) is 8.08. The van der Waals surface area contributed by atoms with Gasteiger partial charge in [-0.1, -0.05) is 0 Å². The second-order valence-electron chi connectivity index (χ2n) is 4.93. The van der Waals surface area contributed by atoms with Gasteiger partial charge in [0.15, 0.2) is 5.76 Å². The molecule has 0 aliphatic rings. The van der Waals surface area contributed by atoms with E-state index in [2.05, 4.69) is 0 Å². The second kappa shape index (κ2) is 7.57. The highest BCUT2D eigenvalue weighted by Gasteiger charge is 2.28. The summed E-state index contributed by atoms with van der Waals surface area (Å²) >= 11 is 0. The Bertz CT molecular complexity index is 678.